The van der Waals surface area contributed by atoms with Gasteiger partial charge in [0.05, 0.1) is 22.7 Å². The van der Waals surface area contributed by atoms with E-state index >= 15 is 0 Å². The summed E-state index contributed by atoms with van der Waals surface area (Å²) in [5, 5.41) is 17.5. The van der Waals surface area contributed by atoms with E-state index < -0.39 is 0 Å². The highest BCUT2D eigenvalue weighted by atomic mass is 32.1. The monoisotopic (exact) mass is 427 g/mol. The Morgan fingerprint density at radius 1 is 1.14 bits per heavy atom. The minimum Gasteiger partial charge on any atom is -0.506 e. The van der Waals surface area contributed by atoms with Crippen molar-refractivity contribution in [1.82, 2.24) is 9.88 Å². The van der Waals surface area contributed by atoms with E-state index in [0.29, 0.717) is 31.6 Å². The van der Waals surface area contributed by atoms with Crippen LogP contribution in [0, 0.1) is 5.92 Å². The van der Waals surface area contributed by atoms with Crippen molar-refractivity contribution in [3.05, 3.63) is 52.9 Å². The normalized spacial score (nSPS) is 14.7. The summed E-state index contributed by atoms with van der Waals surface area (Å²) in [5.74, 6) is -0.173. The van der Waals surface area contributed by atoms with Crippen LogP contribution in [0.5, 0.6) is 5.75 Å². The molecule has 0 atom stereocenters. The van der Waals surface area contributed by atoms with Crippen LogP contribution in [0.4, 0.5) is 5.69 Å². The lowest BCUT2D eigenvalue weighted by Crippen LogP contribution is -2.42. The molecule has 6 nitrogen and oxygen atoms in total. The van der Waals surface area contributed by atoms with Gasteiger partial charge in [-0.25, -0.2) is 4.98 Å². The van der Waals surface area contributed by atoms with Crippen LogP contribution in [0.1, 0.15) is 18.5 Å². The molecule has 3 aromatic rings. The van der Waals surface area contributed by atoms with E-state index in [0.717, 1.165) is 15.6 Å². The summed E-state index contributed by atoms with van der Waals surface area (Å²) in [4.78, 5) is 32.6. The third-order valence-corrected chi connectivity index (χ3v) is 6.93. The van der Waals surface area contributed by atoms with Gasteiger partial charge in [-0.3, -0.25) is 9.59 Å². The highest BCUT2D eigenvalue weighted by molar-refractivity contribution is 7.20. The molecule has 29 heavy (non-hydrogen) atoms. The predicted molar refractivity (Wildman–Crippen MR) is 115 cm³/mol. The number of nitrogens with zero attached hydrogens (tertiary/aromatic N) is 2. The fraction of sp³-hybridized carbons (Fsp3) is 0.286. The van der Waals surface area contributed by atoms with Gasteiger partial charge >= 0.3 is 0 Å². The van der Waals surface area contributed by atoms with Crippen molar-refractivity contribution < 1.29 is 14.7 Å². The molecule has 0 aliphatic carbocycles. The zero-order chi connectivity index (χ0) is 20.2. The molecule has 2 N–H and O–H groups in total. The van der Waals surface area contributed by atoms with Crippen LogP contribution >= 0.6 is 22.7 Å². The molecule has 0 spiro atoms. The summed E-state index contributed by atoms with van der Waals surface area (Å²) in [6, 6.07) is 10.7. The smallest absolute Gasteiger partial charge is 0.228 e. The molecule has 3 heterocycles. The Bertz CT molecular complexity index is 992. The summed E-state index contributed by atoms with van der Waals surface area (Å²) < 4.78 is 0. The number of para-hydroxylation sites is 2. The van der Waals surface area contributed by atoms with Crippen LogP contribution in [0.3, 0.4) is 0 Å². The van der Waals surface area contributed by atoms with E-state index in [9.17, 15) is 14.7 Å². The van der Waals surface area contributed by atoms with Crippen molar-refractivity contribution in [2.45, 2.75) is 19.3 Å². The number of thiophene rings is 1. The topological polar surface area (TPSA) is 82.5 Å². The van der Waals surface area contributed by atoms with Crippen molar-refractivity contribution in [2.24, 2.45) is 5.92 Å². The SMILES string of the molecule is O=C(Nc1ccccc1O)C1CCN(C(=O)Cc2csc(-c3cccs3)n2)CC1. The fourth-order valence-corrected chi connectivity index (χ4v) is 5.01. The number of phenolic OH excluding ortho intramolecular Hbond substituents is 1. The number of hydrogen-bond donors (Lipinski definition) is 2. The number of thiazole rings is 1. The molecule has 1 saturated heterocycles. The number of hydrogen-bond acceptors (Lipinski definition) is 6. The molecule has 0 saturated carbocycles. The maximum absolute atomic E-state index is 12.6. The Morgan fingerprint density at radius 2 is 1.93 bits per heavy atom. The standard InChI is InChI=1S/C21H21N3O3S2/c25-17-5-2-1-4-16(17)23-20(27)14-7-9-24(10-8-14)19(26)12-15-13-29-21(22-15)18-6-3-11-28-18/h1-6,11,13-14,25H,7-10,12H2,(H,23,27). The van der Waals surface area contributed by atoms with Gasteiger partial charge in [0.25, 0.3) is 0 Å². The number of rotatable bonds is 5. The number of benzene rings is 1. The Balaban J connectivity index is 1.28. The summed E-state index contributed by atoms with van der Waals surface area (Å²) >= 11 is 3.20. The number of piperidine rings is 1. The molecule has 2 amide bonds. The van der Waals surface area contributed by atoms with E-state index in [1.807, 2.05) is 27.8 Å². The van der Waals surface area contributed by atoms with Crippen LogP contribution < -0.4 is 5.32 Å². The molecule has 8 heteroatoms. The molecule has 150 valence electrons. The number of amides is 2. The van der Waals surface area contributed by atoms with Gasteiger partial charge in [0.2, 0.25) is 11.8 Å². The van der Waals surface area contributed by atoms with Crippen molar-refractivity contribution in [3.8, 4) is 15.6 Å². The molecule has 1 aromatic carbocycles. The van der Waals surface area contributed by atoms with Gasteiger partial charge < -0.3 is 15.3 Å². The second-order valence-corrected chi connectivity index (χ2v) is 8.77. The van der Waals surface area contributed by atoms with E-state index in [-0.39, 0.29) is 29.9 Å². The van der Waals surface area contributed by atoms with Gasteiger partial charge in [0.15, 0.2) is 0 Å². The van der Waals surface area contributed by atoms with Crippen LogP contribution in [0.2, 0.25) is 0 Å². The summed E-state index contributed by atoms with van der Waals surface area (Å²) in [7, 11) is 0. The molecule has 1 aliphatic heterocycles. The number of anilines is 1. The van der Waals surface area contributed by atoms with Crippen LogP contribution in [0.15, 0.2) is 47.2 Å². The highest BCUT2D eigenvalue weighted by Gasteiger charge is 2.28. The second-order valence-electron chi connectivity index (χ2n) is 6.96. The van der Waals surface area contributed by atoms with Gasteiger partial charge in [-0.15, -0.1) is 22.7 Å². The van der Waals surface area contributed by atoms with Gasteiger partial charge in [0.1, 0.15) is 10.8 Å². The Kier molecular flexibility index (Phi) is 5.92. The molecule has 4 rings (SSSR count). The van der Waals surface area contributed by atoms with Gasteiger partial charge in [-0.1, -0.05) is 18.2 Å². The number of phenols is 1. The molecule has 0 bridgehead atoms. The molecule has 1 fully saturated rings. The third-order valence-electron chi connectivity index (χ3n) is 5.00. The predicted octanol–water partition coefficient (Wildman–Crippen LogP) is 4.00. The summed E-state index contributed by atoms with van der Waals surface area (Å²) in [5.41, 5.74) is 1.21. The van der Waals surface area contributed by atoms with Crippen LogP contribution in [0.25, 0.3) is 9.88 Å². The average molecular weight is 428 g/mol. The first-order valence-corrected chi connectivity index (χ1v) is 11.2. The quantitative estimate of drug-likeness (QED) is 0.603. The Hall–Kier alpha value is -2.71. The first-order chi connectivity index (χ1) is 14.1. The van der Waals surface area contributed by atoms with E-state index in [1.54, 1.807) is 46.9 Å². The number of likely N-dealkylation sites (tertiary alicyclic amines) is 1. The number of aromatic hydroxyl groups is 1. The van der Waals surface area contributed by atoms with Crippen LogP contribution in [-0.4, -0.2) is 39.9 Å². The molecule has 2 aromatic heterocycles. The Labute approximate surface area is 176 Å². The number of carbonyl (C=O) groups is 2. The van der Waals surface area contributed by atoms with Gasteiger partial charge in [0, 0.05) is 24.4 Å². The summed E-state index contributed by atoms with van der Waals surface area (Å²) in [6.45, 7) is 1.11. The molecule has 0 unspecified atom stereocenters. The maximum atomic E-state index is 12.6. The fourth-order valence-electron chi connectivity index (χ4n) is 3.37. The zero-order valence-electron chi connectivity index (χ0n) is 15.7. The minimum absolute atomic E-state index is 0.0487. The molecule has 0 radical (unpaired) electrons. The van der Waals surface area contributed by atoms with E-state index in [1.165, 1.54) is 0 Å². The number of nitrogens with one attached hydrogen (secondary N) is 1. The average Bonchev–Trinajstić information content (AvgIpc) is 3.41. The number of aromatic nitrogens is 1. The first kappa shape index (κ1) is 19.6. The highest BCUT2D eigenvalue weighted by Crippen LogP contribution is 2.28. The second kappa shape index (κ2) is 8.75. The third kappa shape index (κ3) is 4.65. The van der Waals surface area contributed by atoms with Gasteiger partial charge in [-0.05, 0) is 36.4 Å². The van der Waals surface area contributed by atoms with E-state index in [4.69, 9.17) is 0 Å². The van der Waals surface area contributed by atoms with Crippen molar-refractivity contribution in [3.63, 3.8) is 0 Å². The number of carbonyl (C=O) groups excluding carboxylic acids is 2. The Morgan fingerprint density at radius 3 is 2.66 bits per heavy atom. The summed E-state index contributed by atoms with van der Waals surface area (Å²) in [6.07, 6.45) is 1.52. The van der Waals surface area contributed by atoms with Crippen molar-refractivity contribution >= 4 is 40.2 Å². The molecular weight excluding hydrogens is 406 g/mol. The largest absolute Gasteiger partial charge is 0.506 e. The van der Waals surface area contributed by atoms with Crippen molar-refractivity contribution in [2.75, 3.05) is 18.4 Å². The van der Waals surface area contributed by atoms with Crippen molar-refractivity contribution in [1.29, 1.82) is 0 Å². The zero-order valence-corrected chi connectivity index (χ0v) is 17.3. The minimum atomic E-state index is -0.164. The maximum Gasteiger partial charge on any atom is 0.228 e. The van der Waals surface area contributed by atoms with Crippen LogP contribution in [-0.2, 0) is 16.0 Å². The lowest BCUT2D eigenvalue weighted by molar-refractivity contribution is -0.133. The first-order valence-electron chi connectivity index (χ1n) is 9.45. The molecular formula is C21H21N3O3S2. The van der Waals surface area contributed by atoms with Gasteiger partial charge in [-0.2, -0.15) is 0 Å². The lowest BCUT2D eigenvalue weighted by Gasteiger charge is -2.31. The lowest BCUT2D eigenvalue weighted by atomic mass is 9.95. The molecule has 1 aliphatic rings. The van der Waals surface area contributed by atoms with E-state index in [2.05, 4.69) is 10.3 Å².